The summed E-state index contributed by atoms with van der Waals surface area (Å²) in [5, 5.41) is 0.570. The first-order chi connectivity index (χ1) is 7.77. The topological polar surface area (TPSA) is 26.0 Å². The highest BCUT2D eigenvalue weighted by Gasteiger charge is 2.12. The van der Waals surface area contributed by atoms with E-state index in [1.165, 1.54) is 17.7 Å². The highest BCUT2D eigenvalue weighted by atomic mass is 32.2. The average Bonchev–Trinajstić information content (AvgIpc) is 2.35. The average molecular weight is 237 g/mol. The van der Waals surface area contributed by atoms with Gasteiger partial charge in [0.1, 0.15) is 0 Å². The van der Waals surface area contributed by atoms with Crippen LogP contribution in [-0.2, 0) is 0 Å². The molecule has 0 radical (unpaired) electrons. The van der Waals surface area contributed by atoms with Crippen molar-refractivity contribution in [2.45, 2.75) is 31.9 Å². The van der Waals surface area contributed by atoms with Crippen molar-refractivity contribution >= 4 is 11.8 Å². The normalized spacial score (nSPS) is 14.7. The molecule has 0 saturated heterocycles. The third-order valence-corrected chi connectivity index (χ3v) is 4.55. The highest BCUT2D eigenvalue weighted by Crippen LogP contribution is 2.33. The van der Waals surface area contributed by atoms with E-state index < -0.39 is 0 Å². The minimum absolute atomic E-state index is 0.570. The summed E-state index contributed by atoms with van der Waals surface area (Å²) in [6, 6.07) is 10.7. The smallest absolute Gasteiger partial charge is 0.0309 e. The van der Waals surface area contributed by atoms with E-state index in [0.29, 0.717) is 5.25 Å². The molecule has 0 aromatic heterocycles. The lowest BCUT2D eigenvalue weighted by Crippen LogP contribution is -2.07. The van der Waals surface area contributed by atoms with Crippen LogP contribution in [0.25, 0.3) is 0 Å². The fraction of sp³-hybridized carbons (Fsp3) is 0.571. The van der Waals surface area contributed by atoms with Crippen molar-refractivity contribution in [3.05, 3.63) is 35.9 Å². The maximum Gasteiger partial charge on any atom is 0.0309 e. The van der Waals surface area contributed by atoms with Gasteiger partial charge < -0.3 is 5.73 Å². The van der Waals surface area contributed by atoms with Gasteiger partial charge in [-0.2, -0.15) is 11.8 Å². The Morgan fingerprint density at radius 2 is 1.94 bits per heavy atom. The van der Waals surface area contributed by atoms with Crippen molar-refractivity contribution in [1.29, 1.82) is 0 Å². The molecule has 0 fully saturated rings. The van der Waals surface area contributed by atoms with Gasteiger partial charge in [-0.15, -0.1) is 0 Å². The van der Waals surface area contributed by atoms with Gasteiger partial charge in [0.25, 0.3) is 0 Å². The van der Waals surface area contributed by atoms with Gasteiger partial charge in [-0.25, -0.2) is 0 Å². The molecule has 0 aliphatic carbocycles. The van der Waals surface area contributed by atoms with Crippen molar-refractivity contribution in [3.63, 3.8) is 0 Å². The molecule has 90 valence electrons. The fourth-order valence-corrected chi connectivity index (χ4v) is 3.01. The number of nitrogens with two attached hydrogens (primary N) is 1. The predicted octanol–water partition coefficient (Wildman–Crippen LogP) is 3.86. The Hall–Kier alpha value is -0.470. The summed E-state index contributed by atoms with van der Waals surface area (Å²) in [4.78, 5) is 0. The molecule has 0 saturated carbocycles. The molecule has 2 atom stereocenters. The van der Waals surface area contributed by atoms with Crippen LogP contribution in [0.15, 0.2) is 30.3 Å². The third kappa shape index (κ3) is 4.58. The number of rotatable bonds is 7. The van der Waals surface area contributed by atoms with E-state index in [2.05, 4.69) is 55.9 Å². The molecule has 2 N–H and O–H groups in total. The summed E-state index contributed by atoms with van der Waals surface area (Å²) in [5.74, 6) is 2.03. The molecule has 16 heavy (non-hydrogen) atoms. The van der Waals surface area contributed by atoms with Gasteiger partial charge in [0.2, 0.25) is 0 Å². The van der Waals surface area contributed by atoms with Crippen molar-refractivity contribution in [2.24, 2.45) is 11.7 Å². The second-order valence-electron chi connectivity index (χ2n) is 4.32. The zero-order chi connectivity index (χ0) is 11.8. The van der Waals surface area contributed by atoms with Crippen LogP contribution >= 0.6 is 11.8 Å². The van der Waals surface area contributed by atoms with Crippen LogP contribution < -0.4 is 5.73 Å². The first kappa shape index (κ1) is 13.6. The van der Waals surface area contributed by atoms with Gasteiger partial charge in [-0.05, 0) is 30.2 Å². The summed E-state index contributed by atoms with van der Waals surface area (Å²) in [7, 11) is 0. The fourth-order valence-electron chi connectivity index (χ4n) is 1.56. The van der Waals surface area contributed by atoms with Crippen LogP contribution in [0.2, 0.25) is 0 Å². The summed E-state index contributed by atoms with van der Waals surface area (Å²) in [6.45, 7) is 5.34. The monoisotopic (exact) mass is 237 g/mol. The molecule has 2 unspecified atom stereocenters. The zero-order valence-corrected chi connectivity index (χ0v) is 11.2. The van der Waals surface area contributed by atoms with Crippen molar-refractivity contribution in [3.8, 4) is 0 Å². The summed E-state index contributed by atoms with van der Waals surface area (Å²) in [6.07, 6.45) is 2.34. The zero-order valence-electron chi connectivity index (χ0n) is 10.4. The van der Waals surface area contributed by atoms with Crippen LogP contribution in [0.5, 0.6) is 0 Å². The van der Waals surface area contributed by atoms with Gasteiger partial charge in [0, 0.05) is 5.25 Å². The maximum absolute atomic E-state index is 5.69. The summed E-state index contributed by atoms with van der Waals surface area (Å²) < 4.78 is 0. The Morgan fingerprint density at radius 1 is 1.25 bits per heavy atom. The van der Waals surface area contributed by atoms with E-state index in [0.717, 1.165) is 18.9 Å². The van der Waals surface area contributed by atoms with Crippen molar-refractivity contribution < 1.29 is 0 Å². The largest absolute Gasteiger partial charge is 0.330 e. The Kier molecular flexibility index (Phi) is 6.58. The van der Waals surface area contributed by atoms with E-state index in [9.17, 15) is 0 Å². The summed E-state index contributed by atoms with van der Waals surface area (Å²) in [5.41, 5.74) is 7.11. The molecule has 1 aromatic rings. The van der Waals surface area contributed by atoms with E-state index in [4.69, 9.17) is 5.73 Å². The Balaban J connectivity index is 2.54. The number of hydrogen-bond acceptors (Lipinski definition) is 2. The molecule has 1 rings (SSSR count). The molecule has 0 spiro atoms. The van der Waals surface area contributed by atoms with Gasteiger partial charge in [0.15, 0.2) is 0 Å². The molecular formula is C14H23NS. The molecule has 2 heteroatoms. The third-order valence-electron chi connectivity index (χ3n) is 2.88. The Labute approximate surface area is 104 Å². The molecule has 0 aliphatic heterocycles. The van der Waals surface area contributed by atoms with E-state index in [1.807, 2.05) is 0 Å². The second-order valence-corrected chi connectivity index (χ2v) is 5.56. The maximum atomic E-state index is 5.69. The standard InChI is InChI=1S/C14H23NS/c1-3-12(2)11-16-14(9-10-15)13-7-5-4-6-8-13/h4-8,12,14H,3,9-11,15H2,1-2H3. The van der Waals surface area contributed by atoms with Crippen LogP contribution in [-0.4, -0.2) is 12.3 Å². The van der Waals surface area contributed by atoms with Crippen LogP contribution in [0.4, 0.5) is 0 Å². The quantitative estimate of drug-likeness (QED) is 0.779. The van der Waals surface area contributed by atoms with E-state index in [1.54, 1.807) is 0 Å². The Morgan fingerprint density at radius 3 is 2.50 bits per heavy atom. The molecule has 0 aliphatic rings. The van der Waals surface area contributed by atoms with E-state index >= 15 is 0 Å². The predicted molar refractivity (Wildman–Crippen MR) is 74.8 cm³/mol. The number of benzene rings is 1. The molecule has 0 amide bonds. The van der Waals surface area contributed by atoms with Crippen LogP contribution in [0, 0.1) is 5.92 Å². The second kappa shape index (κ2) is 7.75. The summed E-state index contributed by atoms with van der Waals surface area (Å²) >= 11 is 2.05. The molecule has 1 nitrogen and oxygen atoms in total. The first-order valence-corrected chi connectivity index (χ1v) is 7.19. The molecular weight excluding hydrogens is 214 g/mol. The van der Waals surface area contributed by atoms with Crippen LogP contribution in [0.3, 0.4) is 0 Å². The van der Waals surface area contributed by atoms with Crippen LogP contribution in [0.1, 0.15) is 37.5 Å². The Bertz CT molecular complexity index is 273. The minimum Gasteiger partial charge on any atom is -0.330 e. The van der Waals surface area contributed by atoms with Gasteiger partial charge in [0.05, 0.1) is 0 Å². The highest BCUT2D eigenvalue weighted by molar-refractivity contribution is 7.99. The van der Waals surface area contributed by atoms with Gasteiger partial charge in [-0.1, -0.05) is 50.6 Å². The lowest BCUT2D eigenvalue weighted by Gasteiger charge is -2.18. The van der Waals surface area contributed by atoms with E-state index in [-0.39, 0.29) is 0 Å². The molecule has 0 bridgehead atoms. The van der Waals surface area contributed by atoms with Crippen molar-refractivity contribution in [1.82, 2.24) is 0 Å². The first-order valence-electron chi connectivity index (χ1n) is 6.14. The SMILES string of the molecule is CCC(C)CSC(CCN)c1ccccc1. The minimum atomic E-state index is 0.570. The number of thioether (sulfide) groups is 1. The van der Waals surface area contributed by atoms with Gasteiger partial charge >= 0.3 is 0 Å². The lowest BCUT2D eigenvalue weighted by molar-refractivity contribution is 0.634. The lowest BCUT2D eigenvalue weighted by atomic mass is 10.1. The van der Waals surface area contributed by atoms with Gasteiger partial charge in [-0.3, -0.25) is 0 Å². The molecule has 0 heterocycles. The number of hydrogen-bond donors (Lipinski definition) is 1. The molecule has 1 aromatic carbocycles. The van der Waals surface area contributed by atoms with Crippen molar-refractivity contribution in [2.75, 3.05) is 12.3 Å².